The summed E-state index contributed by atoms with van der Waals surface area (Å²) in [7, 11) is 6.10. The Morgan fingerprint density at radius 1 is 1.35 bits per heavy atom. The Balaban J connectivity index is 2.18. The van der Waals surface area contributed by atoms with Gasteiger partial charge in [-0.2, -0.15) is 5.10 Å². The van der Waals surface area contributed by atoms with Crippen LogP contribution in [-0.2, 0) is 13.6 Å². The fourth-order valence-corrected chi connectivity index (χ4v) is 2.04. The SMILES string of the molecule is CNCCN(C)Cc1nn(C)c2ccccc12. The van der Waals surface area contributed by atoms with Crippen molar-refractivity contribution in [1.82, 2.24) is 20.0 Å². The maximum atomic E-state index is 4.59. The van der Waals surface area contributed by atoms with Crippen LogP contribution in [0, 0.1) is 0 Å². The van der Waals surface area contributed by atoms with Crippen LogP contribution in [0.5, 0.6) is 0 Å². The molecule has 2 rings (SSSR count). The van der Waals surface area contributed by atoms with Crippen LogP contribution in [0.3, 0.4) is 0 Å². The second-order valence-corrected chi connectivity index (χ2v) is 4.43. The third-order valence-corrected chi connectivity index (χ3v) is 3.00. The molecule has 0 fully saturated rings. The summed E-state index contributed by atoms with van der Waals surface area (Å²) in [5, 5.41) is 9.01. The molecule has 0 saturated heterocycles. The van der Waals surface area contributed by atoms with E-state index in [1.165, 1.54) is 10.9 Å². The first kappa shape index (κ1) is 12.1. The number of likely N-dealkylation sites (N-methyl/N-ethyl adjacent to an activating group) is 2. The number of fused-ring (bicyclic) bond motifs is 1. The number of nitrogens with zero attached hydrogens (tertiary/aromatic N) is 3. The molecule has 17 heavy (non-hydrogen) atoms. The molecule has 4 heteroatoms. The summed E-state index contributed by atoms with van der Waals surface area (Å²) < 4.78 is 1.95. The van der Waals surface area contributed by atoms with Gasteiger partial charge in [-0.15, -0.1) is 0 Å². The fourth-order valence-electron chi connectivity index (χ4n) is 2.04. The van der Waals surface area contributed by atoms with Crippen LogP contribution in [0.2, 0.25) is 0 Å². The number of nitrogens with one attached hydrogen (secondary N) is 1. The Morgan fingerprint density at radius 2 is 2.12 bits per heavy atom. The monoisotopic (exact) mass is 232 g/mol. The van der Waals surface area contributed by atoms with Gasteiger partial charge in [0, 0.05) is 32.1 Å². The fraction of sp³-hybridized carbons (Fsp3) is 0.462. The summed E-state index contributed by atoms with van der Waals surface area (Å²) in [6.45, 7) is 2.92. The second kappa shape index (κ2) is 5.29. The lowest BCUT2D eigenvalue weighted by Crippen LogP contribution is -2.27. The molecular formula is C13H20N4. The van der Waals surface area contributed by atoms with E-state index in [9.17, 15) is 0 Å². The van der Waals surface area contributed by atoms with E-state index in [1.807, 2.05) is 18.8 Å². The molecule has 1 aromatic carbocycles. The molecular weight excluding hydrogens is 212 g/mol. The van der Waals surface area contributed by atoms with E-state index in [0.717, 1.165) is 25.3 Å². The van der Waals surface area contributed by atoms with Crippen LogP contribution in [0.4, 0.5) is 0 Å². The van der Waals surface area contributed by atoms with Crippen molar-refractivity contribution in [2.45, 2.75) is 6.54 Å². The predicted octanol–water partition coefficient (Wildman–Crippen LogP) is 1.22. The largest absolute Gasteiger partial charge is 0.318 e. The highest BCUT2D eigenvalue weighted by Gasteiger charge is 2.09. The third kappa shape index (κ3) is 2.65. The number of hydrogen-bond donors (Lipinski definition) is 1. The maximum absolute atomic E-state index is 4.59. The summed E-state index contributed by atoms with van der Waals surface area (Å²) in [4.78, 5) is 2.28. The van der Waals surface area contributed by atoms with Crippen molar-refractivity contribution in [3.05, 3.63) is 30.0 Å². The normalized spacial score (nSPS) is 11.5. The number of rotatable bonds is 5. The molecule has 0 saturated carbocycles. The maximum Gasteiger partial charge on any atom is 0.0843 e. The van der Waals surface area contributed by atoms with Crippen molar-refractivity contribution in [3.8, 4) is 0 Å². The molecule has 0 aliphatic carbocycles. The molecule has 0 aliphatic rings. The van der Waals surface area contributed by atoms with E-state index in [4.69, 9.17) is 0 Å². The Kier molecular flexibility index (Phi) is 3.76. The molecule has 0 spiro atoms. The van der Waals surface area contributed by atoms with Gasteiger partial charge in [0.1, 0.15) is 0 Å². The third-order valence-electron chi connectivity index (χ3n) is 3.00. The lowest BCUT2D eigenvalue weighted by Gasteiger charge is -2.14. The molecule has 92 valence electrons. The minimum absolute atomic E-state index is 0.892. The zero-order chi connectivity index (χ0) is 12.3. The molecule has 0 aliphatic heterocycles. The summed E-state index contributed by atoms with van der Waals surface area (Å²) in [6.07, 6.45) is 0. The van der Waals surface area contributed by atoms with Crippen molar-refractivity contribution < 1.29 is 0 Å². The highest BCUT2D eigenvalue weighted by Crippen LogP contribution is 2.18. The Labute approximate surface area is 102 Å². The van der Waals surface area contributed by atoms with Crippen molar-refractivity contribution >= 4 is 10.9 Å². The molecule has 0 atom stereocenters. The first-order valence-electron chi connectivity index (χ1n) is 5.96. The van der Waals surface area contributed by atoms with Gasteiger partial charge in [0.15, 0.2) is 0 Å². The Bertz CT molecular complexity index is 489. The van der Waals surface area contributed by atoms with Crippen LogP contribution < -0.4 is 5.32 Å². The van der Waals surface area contributed by atoms with Crippen LogP contribution >= 0.6 is 0 Å². The van der Waals surface area contributed by atoms with Gasteiger partial charge in [0.2, 0.25) is 0 Å². The van der Waals surface area contributed by atoms with Gasteiger partial charge in [0.25, 0.3) is 0 Å². The van der Waals surface area contributed by atoms with Crippen molar-refractivity contribution in [2.24, 2.45) is 7.05 Å². The molecule has 0 radical (unpaired) electrons. The Hall–Kier alpha value is -1.39. The second-order valence-electron chi connectivity index (χ2n) is 4.43. The van der Waals surface area contributed by atoms with Gasteiger partial charge in [0.05, 0.1) is 11.2 Å². The zero-order valence-corrected chi connectivity index (χ0v) is 10.8. The van der Waals surface area contributed by atoms with Crippen molar-refractivity contribution in [1.29, 1.82) is 0 Å². The molecule has 2 aromatic rings. The van der Waals surface area contributed by atoms with Crippen molar-refractivity contribution in [3.63, 3.8) is 0 Å². The minimum atomic E-state index is 0.892. The van der Waals surface area contributed by atoms with E-state index in [-0.39, 0.29) is 0 Å². The zero-order valence-electron chi connectivity index (χ0n) is 10.8. The molecule has 1 heterocycles. The summed E-state index contributed by atoms with van der Waals surface area (Å²) >= 11 is 0. The van der Waals surface area contributed by atoms with Gasteiger partial charge in [-0.1, -0.05) is 18.2 Å². The standard InChI is InChI=1S/C13H20N4/c1-14-8-9-16(2)10-12-11-6-4-5-7-13(11)17(3)15-12/h4-7,14H,8-10H2,1-3H3. The van der Waals surface area contributed by atoms with E-state index in [1.54, 1.807) is 0 Å². The summed E-state index contributed by atoms with van der Waals surface area (Å²) in [5.74, 6) is 0. The highest BCUT2D eigenvalue weighted by molar-refractivity contribution is 5.81. The van der Waals surface area contributed by atoms with Crippen LogP contribution in [0.1, 0.15) is 5.69 Å². The van der Waals surface area contributed by atoms with Gasteiger partial charge < -0.3 is 5.32 Å². The van der Waals surface area contributed by atoms with E-state index in [2.05, 4.69) is 46.6 Å². The number of para-hydroxylation sites is 1. The highest BCUT2D eigenvalue weighted by atomic mass is 15.3. The first-order chi connectivity index (χ1) is 8.22. The quantitative estimate of drug-likeness (QED) is 0.841. The molecule has 1 aromatic heterocycles. The van der Waals surface area contributed by atoms with E-state index >= 15 is 0 Å². The molecule has 0 bridgehead atoms. The first-order valence-corrected chi connectivity index (χ1v) is 5.96. The number of aryl methyl sites for hydroxylation is 1. The Morgan fingerprint density at radius 3 is 2.88 bits per heavy atom. The average molecular weight is 232 g/mol. The van der Waals surface area contributed by atoms with Crippen LogP contribution in [0.25, 0.3) is 10.9 Å². The average Bonchev–Trinajstić information content (AvgIpc) is 2.65. The van der Waals surface area contributed by atoms with E-state index < -0.39 is 0 Å². The number of aromatic nitrogens is 2. The number of benzene rings is 1. The lowest BCUT2D eigenvalue weighted by molar-refractivity contribution is 0.324. The van der Waals surface area contributed by atoms with Crippen LogP contribution in [-0.4, -0.2) is 41.9 Å². The summed E-state index contributed by atoms with van der Waals surface area (Å²) in [5.41, 5.74) is 2.35. The van der Waals surface area contributed by atoms with Gasteiger partial charge in [-0.25, -0.2) is 0 Å². The lowest BCUT2D eigenvalue weighted by atomic mass is 10.2. The number of hydrogen-bond acceptors (Lipinski definition) is 3. The van der Waals surface area contributed by atoms with E-state index in [0.29, 0.717) is 0 Å². The molecule has 0 unspecified atom stereocenters. The topological polar surface area (TPSA) is 33.1 Å². The molecule has 4 nitrogen and oxygen atoms in total. The summed E-state index contributed by atoms with van der Waals surface area (Å²) in [6, 6.07) is 8.38. The van der Waals surface area contributed by atoms with Gasteiger partial charge in [-0.05, 0) is 20.2 Å². The molecule has 0 amide bonds. The van der Waals surface area contributed by atoms with Crippen LogP contribution in [0.15, 0.2) is 24.3 Å². The predicted molar refractivity (Wildman–Crippen MR) is 71.0 cm³/mol. The smallest absolute Gasteiger partial charge is 0.0843 e. The van der Waals surface area contributed by atoms with Gasteiger partial charge >= 0.3 is 0 Å². The minimum Gasteiger partial charge on any atom is -0.318 e. The van der Waals surface area contributed by atoms with Crippen molar-refractivity contribution in [2.75, 3.05) is 27.2 Å². The van der Waals surface area contributed by atoms with Gasteiger partial charge in [-0.3, -0.25) is 9.58 Å². The molecule has 1 N–H and O–H groups in total.